The van der Waals surface area contributed by atoms with Crippen LogP contribution in [0, 0.1) is 0 Å². The van der Waals surface area contributed by atoms with Crippen LogP contribution >= 0.6 is 11.3 Å². The Labute approximate surface area is 158 Å². The second-order valence-corrected chi connectivity index (χ2v) is 7.00. The molecule has 140 valence electrons. The van der Waals surface area contributed by atoms with Crippen LogP contribution in [0.1, 0.15) is 31.9 Å². The fraction of sp³-hybridized carbons (Fsp3) is 0.368. The molecule has 1 unspecified atom stereocenters. The van der Waals surface area contributed by atoms with Crippen LogP contribution in [-0.2, 0) is 16.9 Å². The smallest absolute Gasteiger partial charge is 0.221 e. The van der Waals surface area contributed by atoms with Crippen LogP contribution in [0.3, 0.4) is 0 Å². The molecule has 0 bridgehead atoms. The average Bonchev–Trinajstić information content (AvgIpc) is 3.13. The standard InChI is InChI=1S/C19H26N4O2S/c1-4-20-18(22-13-19(3,25)16-8-9-26-12-16)21-11-15-6-5-7-17(10-15)23-14(2)24/h5-10,12,25H,4,11,13H2,1-3H3,(H,23,24)(H2,20,21,22). The van der Waals surface area contributed by atoms with E-state index in [-0.39, 0.29) is 5.91 Å². The molecule has 26 heavy (non-hydrogen) atoms. The second kappa shape index (κ2) is 9.35. The van der Waals surface area contributed by atoms with E-state index >= 15 is 0 Å². The van der Waals surface area contributed by atoms with Crippen molar-refractivity contribution in [3.63, 3.8) is 0 Å². The van der Waals surface area contributed by atoms with Gasteiger partial charge in [0, 0.05) is 19.2 Å². The van der Waals surface area contributed by atoms with E-state index in [9.17, 15) is 9.90 Å². The lowest BCUT2D eigenvalue weighted by atomic mass is 9.99. The van der Waals surface area contributed by atoms with E-state index in [0.29, 0.717) is 19.0 Å². The molecule has 0 aliphatic carbocycles. The number of thiophene rings is 1. The predicted octanol–water partition coefficient (Wildman–Crippen LogP) is 2.67. The van der Waals surface area contributed by atoms with Gasteiger partial charge >= 0.3 is 0 Å². The minimum Gasteiger partial charge on any atom is -0.384 e. The van der Waals surface area contributed by atoms with Gasteiger partial charge in [-0.3, -0.25) is 4.79 Å². The SMILES string of the molecule is CCNC(=NCc1cccc(NC(C)=O)c1)NCC(C)(O)c1ccsc1. The summed E-state index contributed by atoms with van der Waals surface area (Å²) >= 11 is 1.56. The fourth-order valence-corrected chi connectivity index (χ4v) is 3.17. The van der Waals surface area contributed by atoms with Crippen molar-refractivity contribution in [2.75, 3.05) is 18.4 Å². The molecule has 0 saturated heterocycles. The number of hydrogen-bond donors (Lipinski definition) is 4. The quantitative estimate of drug-likeness (QED) is 0.443. The maximum Gasteiger partial charge on any atom is 0.221 e. The number of carbonyl (C=O) groups excluding carboxylic acids is 1. The Hall–Kier alpha value is -2.38. The zero-order valence-corrected chi connectivity index (χ0v) is 16.2. The molecule has 2 rings (SSSR count). The number of nitrogens with zero attached hydrogens (tertiary/aromatic N) is 1. The summed E-state index contributed by atoms with van der Waals surface area (Å²) in [6.07, 6.45) is 0. The minimum atomic E-state index is -0.971. The lowest BCUT2D eigenvalue weighted by Crippen LogP contribution is -2.44. The molecule has 1 amide bonds. The Morgan fingerprint density at radius 2 is 2.12 bits per heavy atom. The first-order valence-electron chi connectivity index (χ1n) is 8.54. The van der Waals surface area contributed by atoms with Crippen molar-refractivity contribution in [2.45, 2.75) is 32.9 Å². The molecule has 0 aliphatic rings. The van der Waals surface area contributed by atoms with E-state index in [1.165, 1.54) is 6.92 Å². The highest BCUT2D eigenvalue weighted by Gasteiger charge is 2.23. The molecule has 1 aromatic heterocycles. The van der Waals surface area contributed by atoms with Crippen molar-refractivity contribution in [3.05, 3.63) is 52.2 Å². The van der Waals surface area contributed by atoms with Gasteiger partial charge in [-0.2, -0.15) is 11.3 Å². The van der Waals surface area contributed by atoms with E-state index in [0.717, 1.165) is 23.4 Å². The van der Waals surface area contributed by atoms with Gasteiger partial charge in [-0.15, -0.1) is 0 Å². The molecule has 0 spiro atoms. The molecule has 6 nitrogen and oxygen atoms in total. The first-order valence-corrected chi connectivity index (χ1v) is 9.49. The normalized spacial score (nSPS) is 13.8. The van der Waals surface area contributed by atoms with Gasteiger partial charge in [0.1, 0.15) is 5.60 Å². The molecule has 1 heterocycles. The third-order valence-corrected chi connectivity index (χ3v) is 4.44. The summed E-state index contributed by atoms with van der Waals surface area (Å²) in [7, 11) is 0. The highest BCUT2D eigenvalue weighted by Crippen LogP contribution is 2.22. The second-order valence-electron chi connectivity index (χ2n) is 6.22. The third-order valence-electron chi connectivity index (χ3n) is 3.75. The lowest BCUT2D eigenvalue weighted by molar-refractivity contribution is -0.114. The number of guanidine groups is 1. The van der Waals surface area contributed by atoms with E-state index < -0.39 is 5.60 Å². The summed E-state index contributed by atoms with van der Waals surface area (Å²) in [5.74, 6) is 0.532. The van der Waals surface area contributed by atoms with E-state index in [1.807, 2.05) is 48.0 Å². The molecule has 0 aliphatic heterocycles. The zero-order chi connectivity index (χ0) is 19.0. The van der Waals surface area contributed by atoms with Gasteiger partial charge in [0.25, 0.3) is 0 Å². The van der Waals surface area contributed by atoms with Gasteiger partial charge in [0.15, 0.2) is 5.96 Å². The molecule has 4 N–H and O–H groups in total. The number of amides is 1. The summed E-state index contributed by atoms with van der Waals surface area (Å²) in [4.78, 5) is 15.7. The van der Waals surface area contributed by atoms with E-state index in [1.54, 1.807) is 18.3 Å². The van der Waals surface area contributed by atoms with Crippen LogP contribution in [-0.4, -0.2) is 30.1 Å². The Bertz CT molecular complexity index is 742. The van der Waals surface area contributed by atoms with Gasteiger partial charge < -0.3 is 21.1 Å². The number of aliphatic hydroxyl groups is 1. The minimum absolute atomic E-state index is 0.101. The van der Waals surface area contributed by atoms with Gasteiger partial charge in [-0.1, -0.05) is 12.1 Å². The van der Waals surface area contributed by atoms with Crippen molar-refractivity contribution >= 4 is 28.9 Å². The summed E-state index contributed by atoms with van der Waals surface area (Å²) in [6, 6.07) is 9.51. The molecule has 7 heteroatoms. The largest absolute Gasteiger partial charge is 0.384 e. The van der Waals surface area contributed by atoms with E-state index in [2.05, 4.69) is 20.9 Å². The molecule has 0 radical (unpaired) electrons. The molecule has 1 aromatic carbocycles. The van der Waals surface area contributed by atoms with Crippen LogP contribution in [0.15, 0.2) is 46.1 Å². The molecule has 0 saturated carbocycles. The number of nitrogens with one attached hydrogen (secondary N) is 3. The molecular weight excluding hydrogens is 348 g/mol. The highest BCUT2D eigenvalue weighted by atomic mass is 32.1. The Balaban J connectivity index is 2.01. The Morgan fingerprint density at radius 1 is 1.31 bits per heavy atom. The van der Waals surface area contributed by atoms with Crippen molar-refractivity contribution in [1.29, 1.82) is 0 Å². The van der Waals surface area contributed by atoms with Gasteiger partial charge in [0.05, 0.1) is 13.1 Å². The molecule has 0 fully saturated rings. The number of anilines is 1. The first-order chi connectivity index (χ1) is 12.4. The zero-order valence-electron chi connectivity index (χ0n) is 15.4. The summed E-state index contributed by atoms with van der Waals surface area (Å²) in [6.45, 7) is 6.79. The number of rotatable bonds is 7. The topological polar surface area (TPSA) is 85.8 Å². The predicted molar refractivity (Wildman–Crippen MR) is 107 cm³/mol. The highest BCUT2D eigenvalue weighted by molar-refractivity contribution is 7.08. The maximum absolute atomic E-state index is 11.2. The van der Waals surface area contributed by atoms with Crippen molar-refractivity contribution in [2.24, 2.45) is 4.99 Å². The Morgan fingerprint density at radius 3 is 2.77 bits per heavy atom. The number of carbonyl (C=O) groups is 1. The number of hydrogen-bond acceptors (Lipinski definition) is 4. The average molecular weight is 375 g/mol. The van der Waals surface area contributed by atoms with Crippen LogP contribution < -0.4 is 16.0 Å². The van der Waals surface area contributed by atoms with Gasteiger partial charge in [0.2, 0.25) is 5.91 Å². The maximum atomic E-state index is 11.2. The first kappa shape index (κ1) is 19.9. The number of benzene rings is 1. The van der Waals surface area contributed by atoms with Crippen LogP contribution in [0.25, 0.3) is 0 Å². The number of aliphatic imine (C=N–C) groups is 1. The van der Waals surface area contributed by atoms with Gasteiger partial charge in [-0.05, 0) is 53.9 Å². The lowest BCUT2D eigenvalue weighted by Gasteiger charge is -2.24. The summed E-state index contributed by atoms with van der Waals surface area (Å²) in [5.41, 5.74) is 1.65. The van der Waals surface area contributed by atoms with Gasteiger partial charge in [-0.25, -0.2) is 4.99 Å². The fourth-order valence-electron chi connectivity index (χ4n) is 2.39. The van der Waals surface area contributed by atoms with Crippen LogP contribution in [0.4, 0.5) is 5.69 Å². The van der Waals surface area contributed by atoms with E-state index in [4.69, 9.17) is 0 Å². The van der Waals surface area contributed by atoms with Crippen molar-refractivity contribution in [3.8, 4) is 0 Å². The van der Waals surface area contributed by atoms with Crippen LogP contribution in [0.5, 0.6) is 0 Å². The van der Waals surface area contributed by atoms with Crippen molar-refractivity contribution in [1.82, 2.24) is 10.6 Å². The molecule has 2 aromatic rings. The monoisotopic (exact) mass is 374 g/mol. The molecule has 1 atom stereocenters. The van der Waals surface area contributed by atoms with Crippen molar-refractivity contribution < 1.29 is 9.90 Å². The van der Waals surface area contributed by atoms with Crippen LogP contribution in [0.2, 0.25) is 0 Å². The summed E-state index contributed by atoms with van der Waals surface area (Å²) in [5, 5.41) is 23.6. The molecular formula is C19H26N4O2S. The summed E-state index contributed by atoms with van der Waals surface area (Å²) < 4.78 is 0. The Kier molecular flexibility index (Phi) is 7.17. The third kappa shape index (κ3) is 6.16.